The molecule has 4 rings (SSSR count). The minimum Gasteiger partial charge on any atom is -0.494 e. The Labute approximate surface area is 277 Å². The Bertz CT molecular complexity index is 1740. The first-order chi connectivity index (χ1) is 22.3. The van der Waals surface area contributed by atoms with E-state index in [0.717, 1.165) is 33.1 Å². The molecule has 0 bridgehead atoms. The summed E-state index contributed by atoms with van der Waals surface area (Å²) in [5.41, 5.74) is 2.14. The average molecular weight is 660 g/mol. The minimum atomic E-state index is -4.33. The van der Waals surface area contributed by atoms with E-state index in [1.54, 1.807) is 0 Å². The molecule has 0 aromatic heterocycles. The third kappa shape index (κ3) is 9.65. The summed E-state index contributed by atoms with van der Waals surface area (Å²) >= 11 is 0. The van der Waals surface area contributed by atoms with Crippen LogP contribution in [0.5, 0.6) is 5.75 Å². The molecule has 2 amide bonds. The zero-order valence-electron chi connectivity index (χ0n) is 27.4. The molecule has 4 aromatic rings. The number of nitrogens with one attached hydrogen (secondary N) is 1. The number of carbonyl (C=O) groups excluding carboxylic acids is 2. The largest absolute Gasteiger partial charge is 0.494 e. The Balaban J connectivity index is 1.80. The molecule has 4 aromatic carbocycles. The highest BCUT2D eigenvalue weighted by Gasteiger charge is 2.35. The summed E-state index contributed by atoms with van der Waals surface area (Å²) in [6.45, 7) is 9.17. The van der Waals surface area contributed by atoms with Crippen LogP contribution in [0.3, 0.4) is 0 Å². The summed E-state index contributed by atoms with van der Waals surface area (Å²) in [5, 5.41) is 3.01. The van der Waals surface area contributed by atoms with Crippen LogP contribution in [0.2, 0.25) is 0 Å². The molecule has 10 heteroatoms. The van der Waals surface area contributed by atoms with Gasteiger partial charge in [0.05, 0.1) is 17.2 Å². The summed E-state index contributed by atoms with van der Waals surface area (Å²) in [5.74, 6) is -1.03. The lowest BCUT2D eigenvalue weighted by molar-refractivity contribution is -0.140. The van der Waals surface area contributed by atoms with Crippen LogP contribution in [0.4, 0.5) is 10.1 Å². The number of amides is 2. The Morgan fingerprint density at radius 1 is 0.851 bits per heavy atom. The fourth-order valence-corrected chi connectivity index (χ4v) is 6.45. The Morgan fingerprint density at radius 3 is 2.04 bits per heavy atom. The summed E-state index contributed by atoms with van der Waals surface area (Å²) in [4.78, 5) is 29.8. The van der Waals surface area contributed by atoms with Gasteiger partial charge in [-0.2, -0.15) is 0 Å². The van der Waals surface area contributed by atoms with E-state index >= 15 is 0 Å². The molecular weight excluding hydrogens is 617 g/mol. The van der Waals surface area contributed by atoms with Crippen molar-refractivity contribution in [2.24, 2.45) is 0 Å². The molecule has 47 heavy (non-hydrogen) atoms. The molecule has 8 nitrogen and oxygen atoms in total. The van der Waals surface area contributed by atoms with Gasteiger partial charge in [-0.05, 0) is 94.3 Å². The Kier molecular flexibility index (Phi) is 11.4. The van der Waals surface area contributed by atoms with Crippen molar-refractivity contribution in [3.63, 3.8) is 0 Å². The number of ether oxygens (including phenoxy) is 1. The highest BCUT2D eigenvalue weighted by Crippen LogP contribution is 2.27. The van der Waals surface area contributed by atoms with E-state index in [1.165, 1.54) is 41.3 Å². The van der Waals surface area contributed by atoms with Crippen LogP contribution >= 0.6 is 0 Å². The van der Waals surface area contributed by atoms with Crippen molar-refractivity contribution in [1.29, 1.82) is 0 Å². The molecule has 0 saturated heterocycles. The molecule has 0 radical (unpaired) electrons. The SMILES string of the molecule is CCOc1ccc(S(=O)(=O)N(CC(=O)N(Cc2ccc(C)cc2)[C@H](Cc2ccccc2)C(=O)NC(C)(C)C)c2ccc(F)cc2)cc1. The molecule has 0 heterocycles. The van der Waals surface area contributed by atoms with Gasteiger partial charge in [0.25, 0.3) is 10.0 Å². The summed E-state index contributed by atoms with van der Waals surface area (Å²) in [6, 6.07) is 26.8. The zero-order chi connectivity index (χ0) is 34.2. The normalized spacial score (nSPS) is 12.2. The first-order valence-electron chi connectivity index (χ1n) is 15.5. The predicted octanol–water partition coefficient (Wildman–Crippen LogP) is 6.28. The van der Waals surface area contributed by atoms with Gasteiger partial charge in [0, 0.05) is 18.5 Å². The highest BCUT2D eigenvalue weighted by atomic mass is 32.2. The van der Waals surface area contributed by atoms with Crippen LogP contribution in [0.1, 0.15) is 44.4 Å². The lowest BCUT2D eigenvalue weighted by atomic mass is 10.0. The molecule has 0 aliphatic rings. The number of nitrogens with zero attached hydrogens (tertiary/aromatic N) is 2. The second kappa shape index (κ2) is 15.3. The van der Waals surface area contributed by atoms with Gasteiger partial charge in [-0.3, -0.25) is 13.9 Å². The van der Waals surface area contributed by atoms with Gasteiger partial charge in [-0.25, -0.2) is 12.8 Å². The number of halogens is 1. The maximum Gasteiger partial charge on any atom is 0.264 e. The van der Waals surface area contributed by atoms with Crippen LogP contribution in [0, 0.1) is 12.7 Å². The Morgan fingerprint density at radius 2 is 1.47 bits per heavy atom. The van der Waals surface area contributed by atoms with Crippen LogP contribution in [-0.2, 0) is 32.6 Å². The van der Waals surface area contributed by atoms with Gasteiger partial charge in [0.1, 0.15) is 24.2 Å². The average Bonchev–Trinajstić information content (AvgIpc) is 3.03. The topological polar surface area (TPSA) is 96.0 Å². The monoisotopic (exact) mass is 659 g/mol. The second-order valence-electron chi connectivity index (χ2n) is 12.3. The maximum absolute atomic E-state index is 14.5. The smallest absolute Gasteiger partial charge is 0.264 e. The first kappa shape index (κ1) is 35.2. The molecule has 0 aliphatic heterocycles. The van der Waals surface area contributed by atoms with Gasteiger partial charge in [-0.1, -0.05) is 60.2 Å². The fraction of sp³-hybridized carbons (Fsp3) is 0.297. The van der Waals surface area contributed by atoms with Crippen molar-refractivity contribution < 1.29 is 27.1 Å². The first-order valence-corrected chi connectivity index (χ1v) is 16.9. The zero-order valence-corrected chi connectivity index (χ0v) is 28.3. The third-order valence-electron chi connectivity index (χ3n) is 7.36. The molecule has 0 aliphatic carbocycles. The molecule has 0 fully saturated rings. The molecule has 0 saturated carbocycles. The van der Waals surface area contributed by atoms with Crippen LogP contribution in [0.15, 0.2) is 108 Å². The molecule has 0 spiro atoms. The molecule has 0 unspecified atom stereocenters. The quantitative estimate of drug-likeness (QED) is 0.182. The fourth-order valence-electron chi connectivity index (χ4n) is 5.03. The summed E-state index contributed by atoms with van der Waals surface area (Å²) in [6.07, 6.45) is 0.197. The molecule has 1 atom stereocenters. The Hall–Kier alpha value is -4.70. The van der Waals surface area contributed by atoms with E-state index in [9.17, 15) is 22.4 Å². The van der Waals surface area contributed by atoms with E-state index in [-0.39, 0.29) is 29.5 Å². The molecule has 1 N–H and O–H groups in total. The van der Waals surface area contributed by atoms with E-state index in [1.807, 2.05) is 89.2 Å². The number of rotatable bonds is 13. The van der Waals surface area contributed by atoms with Gasteiger partial charge < -0.3 is 15.0 Å². The van der Waals surface area contributed by atoms with Crippen LogP contribution < -0.4 is 14.4 Å². The van der Waals surface area contributed by atoms with E-state index in [2.05, 4.69) is 5.32 Å². The van der Waals surface area contributed by atoms with Gasteiger partial charge in [0.15, 0.2) is 0 Å². The number of aryl methyl sites for hydroxylation is 1. The number of anilines is 1. The van der Waals surface area contributed by atoms with E-state index < -0.39 is 39.9 Å². The van der Waals surface area contributed by atoms with Crippen molar-refractivity contribution in [2.45, 2.75) is 64.1 Å². The summed E-state index contributed by atoms with van der Waals surface area (Å²) < 4.78 is 48.7. The van der Waals surface area contributed by atoms with Crippen molar-refractivity contribution in [3.05, 3.63) is 126 Å². The van der Waals surface area contributed by atoms with Crippen LogP contribution in [-0.4, -0.2) is 49.9 Å². The van der Waals surface area contributed by atoms with Gasteiger partial charge >= 0.3 is 0 Å². The van der Waals surface area contributed by atoms with Crippen LogP contribution in [0.25, 0.3) is 0 Å². The maximum atomic E-state index is 14.5. The van der Waals surface area contributed by atoms with E-state index in [4.69, 9.17) is 4.74 Å². The third-order valence-corrected chi connectivity index (χ3v) is 9.15. The van der Waals surface area contributed by atoms with Crippen molar-refractivity contribution >= 4 is 27.5 Å². The van der Waals surface area contributed by atoms with E-state index in [0.29, 0.717) is 12.4 Å². The number of sulfonamides is 1. The molecular formula is C37H42FN3O5S. The number of hydrogen-bond donors (Lipinski definition) is 1. The van der Waals surface area contributed by atoms with Crippen molar-refractivity contribution in [3.8, 4) is 5.75 Å². The second-order valence-corrected chi connectivity index (χ2v) is 14.2. The lowest BCUT2D eigenvalue weighted by Gasteiger charge is -2.35. The van der Waals surface area contributed by atoms with Crippen molar-refractivity contribution in [2.75, 3.05) is 17.5 Å². The minimum absolute atomic E-state index is 0.0501. The van der Waals surface area contributed by atoms with Gasteiger partial charge in [0.2, 0.25) is 11.8 Å². The highest BCUT2D eigenvalue weighted by molar-refractivity contribution is 7.92. The summed E-state index contributed by atoms with van der Waals surface area (Å²) in [7, 11) is -4.33. The standard InChI is InChI=1S/C37H42FN3O5S/c1-6-46-32-20-22-33(23-21-32)47(44,45)41(31-18-16-30(38)17-19-31)26-35(42)40(25-29-14-12-27(2)13-15-29)34(36(43)39-37(3,4)5)24-28-10-8-7-9-11-28/h7-23,34H,6,24-26H2,1-5H3,(H,39,43)/t34-/m1/s1. The predicted molar refractivity (Wildman–Crippen MR) is 182 cm³/mol. The number of benzene rings is 4. The lowest BCUT2D eigenvalue weighted by Crippen LogP contribution is -2.56. The van der Waals surface area contributed by atoms with Gasteiger partial charge in [-0.15, -0.1) is 0 Å². The number of carbonyl (C=O) groups is 2. The van der Waals surface area contributed by atoms with Crippen molar-refractivity contribution in [1.82, 2.24) is 10.2 Å². The molecule has 248 valence electrons. The number of hydrogen-bond acceptors (Lipinski definition) is 5.